The summed E-state index contributed by atoms with van der Waals surface area (Å²) >= 11 is 0. The maximum atomic E-state index is 12.5. The number of nitrogens with one attached hydrogen (secondary N) is 1. The summed E-state index contributed by atoms with van der Waals surface area (Å²) in [6, 6.07) is 8.69. The van der Waals surface area contributed by atoms with Crippen LogP contribution in [0.4, 0.5) is 0 Å². The van der Waals surface area contributed by atoms with Crippen molar-refractivity contribution in [2.75, 3.05) is 13.1 Å². The number of nitrogens with zero attached hydrogens (tertiary/aromatic N) is 1. The van der Waals surface area contributed by atoms with Gasteiger partial charge in [-0.05, 0) is 49.8 Å². The van der Waals surface area contributed by atoms with Gasteiger partial charge in [-0.1, -0.05) is 18.2 Å². The molecule has 2 aromatic rings. The summed E-state index contributed by atoms with van der Waals surface area (Å²) < 4.78 is 0. The fourth-order valence-electron chi connectivity index (χ4n) is 3.45. The predicted molar refractivity (Wildman–Crippen MR) is 96.5 cm³/mol. The van der Waals surface area contributed by atoms with Crippen molar-refractivity contribution in [3.05, 3.63) is 58.9 Å². The molecule has 136 valence electrons. The van der Waals surface area contributed by atoms with E-state index in [0.717, 1.165) is 18.4 Å². The Kier molecular flexibility index (Phi) is 5.21. The van der Waals surface area contributed by atoms with Gasteiger partial charge in [0.25, 0.3) is 5.91 Å². The van der Waals surface area contributed by atoms with Gasteiger partial charge in [0.15, 0.2) is 5.78 Å². The lowest BCUT2D eigenvalue weighted by Gasteiger charge is -2.32. The van der Waals surface area contributed by atoms with Crippen LogP contribution in [-0.2, 0) is 6.42 Å². The third-order valence-corrected chi connectivity index (χ3v) is 4.98. The van der Waals surface area contributed by atoms with E-state index in [2.05, 4.69) is 4.98 Å². The minimum atomic E-state index is -0.902. The summed E-state index contributed by atoms with van der Waals surface area (Å²) in [5, 5.41) is 9.30. The molecule has 1 saturated heterocycles. The number of carbonyl (C=O) groups is 3. The Morgan fingerprint density at radius 1 is 1.19 bits per heavy atom. The standard InChI is InChI=1S/C20H22N2O4/c1-13(23)16-11-18(21-12-16)19(24)22-8-6-14(7-9-22)10-15-4-2-3-5-17(15)20(25)26/h2-5,11-12,14,21H,6-10H2,1H3,(H,25,26). The largest absolute Gasteiger partial charge is 0.478 e. The first-order valence-corrected chi connectivity index (χ1v) is 8.75. The number of Topliss-reactive ketones (excluding diaryl/α,β-unsaturated/α-hetero) is 1. The molecule has 0 bridgehead atoms. The van der Waals surface area contributed by atoms with Crippen molar-refractivity contribution in [2.45, 2.75) is 26.2 Å². The monoisotopic (exact) mass is 354 g/mol. The molecule has 2 heterocycles. The number of H-pyrrole nitrogens is 1. The molecular weight excluding hydrogens is 332 g/mol. The van der Waals surface area contributed by atoms with Crippen molar-refractivity contribution in [1.29, 1.82) is 0 Å². The number of aromatic carboxylic acids is 1. The molecule has 1 aliphatic rings. The second-order valence-corrected chi connectivity index (χ2v) is 6.76. The van der Waals surface area contributed by atoms with Crippen LogP contribution >= 0.6 is 0 Å². The van der Waals surface area contributed by atoms with Crippen molar-refractivity contribution < 1.29 is 19.5 Å². The molecule has 2 N–H and O–H groups in total. The van der Waals surface area contributed by atoms with Crippen LogP contribution in [-0.4, -0.2) is 45.7 Å². The highest BCUT2D eigenvalue weighted by molar-refractivity contribution is 5.99. The average molecular weight is 354 g/mol. The van der Waals surface area contributed by atoms with Gasteiger partial charge in [0.2, 0.25) is 0 Å². The molecule has 6 nitrogen and oxygen atoms in total. The van der Waals surface area contributed by atoms with E-state index in [1.54, 1.807) is 29.3 Å². The Labute approximate surface area is 151 Å². The van der Waals surface area contributed by atoms with Gasteiger partial charge in [-0.2, -0.15) is 0 Å². The maximum absolute atomic E-state index is 12.5. The number of piperidine rings is 1. The van der Waals surface area contributed by atoms with Gasteiger partial charge < -0.3 is 15.0 Å². The summed E-state index contributed by atoms with van der Waals surface area (Å²) in [5.41, 5.74) is 2.15. The first kappa shape index (κ1) is 17.9. The van der Waals surface area contributed by atoms with Gasteiger partial charge >= 0.3 is 5.97 Å². The van der Waals surface area contributed by atoms with Gasteiger partial charge in [0, 0.05) is 24.8 Å². The lowest BCUT2D eigenvalue weighted by Crippen LogP contribution is -2.39. The minimum absolute atomic E-state index is 0.0731. The van der Waals surface area contributed by atoms with Crippen LogP contribution in [0, 0.1) is 5.92 Å². The Balaban J connectivity index is 1.60. The van der Waals surface area contributed by atoms with Crippen molar-refractivity contribution in [3.63, 3.8) is 0 Å². The van der Waals surface area contributed by atoms with E-state index < -0.39 is 5.97 Å². The molecule has 6 heteroatoms. The number of amides is 1. The second-order valence-electron chi connectivity index (χ2n) is 6.76. The number of aromatic amines is 1. The molecule has 1 aliphatic heterocycles. The Hall–Kier alpha value is -2.89. The number of likely N-dealkylation sites (tertiary alicyclic amines) is 1. The number of ketones is 1. The molecule has 1 aromatic carbocycles. The van der Waals surface area contributed by atoms with Gasteiger partial charge in [-0.3, -0.25) is 9.59 Å². The number of aromatic nitrogens is 1. The van der Waals surface area contributed by atoms with Crippen molar-refractivity contribution in [3.8, 4) is 0 Å². The quantitative estimate of drug-likeness (QED) is 0.808. The number of carboxylic acids is 1. The summed E-state index contributed by atoms with van der Waals surface area (Å²) in [6.45, 7) is 2.73. The Morgan fingerprint density at radius 3 is 2.50 bits per heavy atom. The lowest BCUT2D eigenvalue weighted by molar-refractivity contribution is 0.0685. The number of carboxylic acid groups (broad SMARTS) is 1. The maximum Gasteiger partial charge on any atom is 0.335 e. The zero-order valence-corrected chi connectivity index (χ0v) is 14.7. The molecule has 0 spiro atoms. The van der Waals surface area contributed by atoms with Crippen LogP contribution in [0.25, 0.3) is 0 Å². The summed E-state index contributed by atoms with van der Waals surface area (Å²) in [4.78, 5) is 39.9. The SMILES string of the molecule is CC(=O)c1c[nH]c(C(=O)N2CCC(Cc3ccccc3C(=O)O)CC2)c1. The fourth-order valence-corrected chi connectivity index (χ4v) is 3.45. The number of carbonyl (C=O) groups excluding carboxylic acids is 2. The molecule has 0 atom stereocenters. The van der Waals surface area contributed by atoms with Crippen LogP contribution < -0.4 is 0 Å². The second kappa shape index (κ2) is 7.56. The first-order valence-electron chi connectivity index (χ1n) is 8.75. The van der Waals surface area contributed by atoms with Crippen molar-refractivity contribution >= 4 is 17.7 Å². The lowest BCUT2D eigenvalue weighted by atomic mass is 9.88. The smallest absolute Gasteiger partial charge is 0.335 e. The average Bonchev–Trinajstić information content (AvgIpc) is 3.12. The van der Waals surface area contributed by atoms with Crippen LogP contribution in [0.3, 0.4) is 0 Å². The molecule has 3 rings (SSSR count). The van der Waals surface area contributed by atoms with Crippen LogP contribution in [0.2, 0.25) is 0 Å². The number of hydrogen-bond donors (Lipinski definition) is 2. The molecule has 1 amide bonds. The normalized spacial score (nSPS) is 15.0. The van der Waals surface area contributed by atoms with Crippen LogP contribution in [0.1, 0.15) is 56.5 Å². The van der Waals surface area contributed by atoms with Gasteiger partial charge in [0.05, 0.1) is 5.56 Å². The number of benzene rings is 1. The highest BCUT2D eigenvalue weighted by Crippen LogP contribution is 2.24. The van der Waals surface area contributed by atoms with E-state index in [4.69, 9.17) is 0 Å². The van der Waals surface area contributed by atoms with E-state index in [9.17, 15) is 19.5 Å². The number of rotatable bonds is 5. The highest BCUT2D eigenvalue weighted by atomic mass is 16.4. The third kappa shape index (κ3) is 3.85. The van der Waals surface area contributed by atoms with Crippen molar-refractivity contribution in [2.24, 2.45) is 5.92 Å². The first-order chi connectivity index (χ1) is 12.5. The molecule has 0 saturated carbocycles. The van der Waals surface area contributed by atoms with Crippen LogP contribution in [0.5, 0.6) is 0 Å². The van der Waals surface area contributed by atoms with Gasteiger partial charge in [0.1, 0.15) is 5.69 Å². The van der Waals surface area contributed by atoms with Gasteiger partial charge in [-0.15, -0.1) is 0 Å². The molecule has 0 radical (unpaired) electrons. The number of hydrogen-bond acceptors (Lipinski definition) is 3. The zero-order chi connectivity index (χ0) is 18.7. The summed E-state index contributed by atoms with van der Waals surface area (Å²) in [5.74, 6) is -0.713. The molecular formula is C20H22N2O4. The van der Waals surface area contributed by atoms with E-state index in [1.165, 1.54) is 6.92 Å². The predicted octanol–water partition coefficient (Wildman–Crippen LogP) is 3.01. The third-order valence-electron chi connectivity index (χ3n) is 4.98. The molecule has 26 heavy (non-hydrogen) atoms. The van der Waals surface area contributed by atoms with E-state index in [0.29, 0.717) is 42.2 Å². The molecule has 0 aliphatic carbocycles. The molecule has 1 fully saturated rings. The molecule has 1 aromatic heterocycles. The van der Waals surface area contributed by atoms with Crippen molar-refractivity contribution in [1.82, 2.24) is 9.88 Å². The fraction of sp³-hybridized carbons (Fsp3) is 0.350. The minimum Gasteiger partial charge on any atom is -0.478 e. The Bertz CT molecular complexity index is 832. The van der Waals surface area contributed by atoms with E-state index >= 15 is 0 Å². The van der Waals surface area contributed by atoms with E-state index in [1.807, 2.05) is 12.1 Å². The van der Waals surface area contributed by atoms with Gasteiger partial charge in [-0.25, -0.2) is 4.79 Å². The molecule has 0 unspecified atom stereocenters. The zero-order valence-electron chi connectivity index (χ0n) is 14.7. The summed E-state index contributed by atoms with van der Waals surface area (Å²) in [7, 11) is 0. The topological polar surface area (TPSA) is 90.5 Å². The van der Waals surface area contributed by atoms with Crippen LogP contribution in [0.15, 0.2) is 36.5 Å². The Morgan fingerprint density at radius 2 is 1.88 bits per heavy atom. The summed E-state index contributed by atoms with van der Waals surface area (Å²) in [6.07, 6.45) is 3.94. The van der Waals surface area contributed by atoms with E-state index in [-0.39, 0.29) is 11.7 Å². The highest BCUT2D eigenvalue weighted by Gasteiger charge is 2.25.